The van der Waals surface area contributed by atoms with Crippen molar-refractivity contribution in [3.63, 3.8) is 0 Å². The van der Waals surface area contributed by atoms with Gasteiger partial charge in [-0.2, -0.15) is 4.98 Å². The first-order valence-corrected chi connectivity index (χ1v) is 4.42. The Bertz CT molecular complexity index is 465. The summed E-state index contributed by atoms with van der Waals surface area (Å²) in [4.78, 5) is 15.1. The lowest BCUT2D eigenvalue weighted by atomic mass is 10.2. The Labute approximate surface area is 86.1 Å². The molecular formula is C10H9N3O2. The molecule has 0 saturated carbocycles. The first-order chi connectivity index (χ1) is 7.31. The van der Waals surface area contributed by atoms with Gasteiger partial charge in [-0.3, -0.25) is 4.79 Å². The van der Waals surface area contributed by atoms with Crippen LogP contribution >= 0.6 is 0 Å². The van der Waals surface area contributed by atoms with E-state index in [0.29, 0.717) is 5.82 Å². The van der Waals surface area contributed by atoms with Crippen LogP contribution in [0.1, 0.15) is 10.7 Å². The Kier molecular flexibility index (Phi) is 2.45. The number of rotatable bonds is 2. The molecule has 5 nitrogen and oxygen atoms in total. The van der Waals surface area contributed by atoms with E-state index in [-0.39, 0.29) is 11.8 Å². The molecule has 76 valence electrons. The normalized spacial score (nSPS) is 9.93. The number of aromatic nitrogens is 2. The molecule has 0 bridgehead atoms. The molecule has 2 aromatic rings. The van der Waals surface area contributed by atoms with Crippen molar-refractivity contribution in [3.8, 4) is 11.4 Å². The number of benzene rings is 1. The zero-order valence-corrected chi connectivity index (χ0v) is 8.10. The molecule has 1 aromatic heterocycles. The molecule has 2 rings (SSSR count). The van der Waals surface area contributed by atoms with Crippen molar-refractivity contribution in [2.45, 2.75) is 0 Å². The Balaban J connectivity index is 2.32. The summed E-state index contributed by atoms with van der Waals surface area (Å²) in [6.07, 6.45) is 0. The molecule has 0 aliphatic rings. The molecule has 0 aliphatic carbocycles. The van der Waals surface area contributed by atoms with Gasteiger partial charge in [0.15, 0.2) is 0 Å². The SMILES string of the molecule is CNC(=O)c1nc(-c2ccccc2)no1. The van der Waals surface area contributed by atoms with Crippen LogP contribution in [0.15, 0.2) is 34.9 Å². The quantitative estimate of drug-likeness (QED) is 0.793. The summed E-state index contributed by atoms with van der Waals surface area (Å²) >= 11 is 0. The average Bonchev–Trinajstić information content (AvgIpc) is 2.78. The van der Waals surface area contributed by atoms with Crippen molar-refractivity contribution in [2.24, 2.45) is 0 Å². The maximum absolute atomic E-state index is 11.2. The van der Waals surface area contributed by atoms with Crippen LogP contribution in [0.3, 0.4) is 0 Å². The maximum Gasteiger partial charge on any atom is 0.316 e. The first-order valence-electron chi connectivity index (χ1n) is 4.42. The number of amides is 1. The van der Waals surface area contributed by atoms with Crippen LogP contribution in [0.4, 0.5) is 0 Å². The molecule has 1 aromatic carbocycles. The smallest absolute Gasteiger partial charge is 0.316 e. The lowest BCUT2D eigenvalue weighted by Gasteiger charge is -1.90. The Morgan fingerprint density at radius 1 is 1.33 bits per heavy atom. The van der Waals surface area contributed by atoms with Gasteiger partial charge in [-0.25, -0.2) is 0 Å². The minimum atomic E-state index is -0.385. The largest absolute Gasteiger partial charge is 0.351 e. The zero-order valence-electron chi connectivity index (χ0n) is 8.10. The van der Waals surface area contributed by atoms with Gasteiger partial charge in [0, 0.05) is 12.6 Å². The molecular weight excluding hydrogens is 194 g/mol. The second-order valence-corrected chi connectivity index (χ2v) is 2.87. The van der Waals surface area contributed by atoms with Crippen molar-refractivity contribution < 1.29 is 9.32 Å². The number of carbonyl (C=O) groups is 1. The Morgan fingerprint density at radius 2 is 2.07 bits per heavy atom. The first kappa shape index (κ1) is 9.39. The summed E-state index contributed by atoms with van der Waals surface area (Å²) in [6, 6.07) is 9.32. The minimum absolute atomic E-state index is 0.0312. The fraction of sp³-hybridized carbons (Fsp3) is 0.100. The summed E-state index contributed by atoms with van der Waals surface area (Å²) in [7, 11) is 1.51. The highest BCUT2D eigenvalue weighted by molar-refractivity contribution is 5.89. The Hall–Kier alpha value is -2.17. The molecule has 1 N–H and O–H groups in total. The topological polar surface area (TPSA) is 68.0 Å². The standard InChI is InChI=1S/C10H9N3O2/c1-11-9(14)10-12-8(13-15-10)7-5-3-2-4-6-7/h2-6H,1H3,(H,11,14). The monoisotopic (exact) mass is 203 g/mol. The van der Waals surface area contributed by atoms with E-state index in [1.807, 2.05) is 30.3 Å². The van der Waals surface area contributed by atoms with E-state index in [4.69, 9.17) is 4.52 Å². The van der Waals surface area contributed by atoms with E-state index < -0.39 is 0 Å². The molecule has 0 saturated heterocycles. The molecule has 0 radical (unpaired) electrons. The van der Waals surface area contributed by atoms with Crippen LogP contribution in [0.5, 0.6) is 0 Å². The lowest BCUT2D eigenvalue weighted by Crippen LogP contribution is -2.17. The van der Waals surface area contributed by atoms with E-state index in [2.05, 4.69) is 15.5 Å². The van der Waals surface area contributed by atoms with Gasteiger partial charge in [0.25, 0.3) is 0 Å². The molecule has 0 atom stereocenters. The predicted molar refractivity (Wildman–Crippen MR) is 53.1 cm³/mol. The number of hydrogen-bond donors (Lipinski definition) is 1. The molecule has 1 amide bonds. The van der Waals surface area contributed by atoms with Crippen molar-refractivity contribution >= 4 is 5.91 Å². The van der Waals surface area contributed by atoms with Crippen molar-refractivity contribution in [3.05, 3.63) is 36.2 Å². The lowest BCUT2D eigenvalue weighted by molar-refractivity contribution is 0.0919. The number of carbonyl (C=O) groups excluding carboxylic acids is 1. The summed E-state index contributed by atoms with van der Waals surface area (Å²) in [5, 5.41) is 6.12. The van der Waals surface area contributed by atoms with Crippen LogP contribution in [-0.4, -0.2) is 23.1 Å². The van der Waals surface area contributed by atoms with Crippen molar-refractivity contribution in [2.75, 3.05) is 7.05 Å². The molecule has 1 heterocycles. The summed E-state index contributed by atoms with van der Waals surface area (Å²) in [5.74, 6) is -0.00441. The molecule has 0 aliphatic heterocycles. The summed E-state index contributed by atoms with van der Waals surface area (Å²) in [6.45, 7) is 0. The van der Waals surface area contributed by atoms with Crippen LogP contribution in [-0.2, 0) is 0 Å². The molecule has 0 spiro atoms. The van der Waals surface area contributed by atoms with Crippen LogP contribution in [0.2, 0.25) is 0 Å². The van der Waals surface area contributed by atoms with E-state index in [0.717, 1.165) is 5.56 Å². The van der Waals surface area contributed by atoms with Gasteiger partial charge < -0.3 is 9.84 Å². The summed E-state index contributed by atoms with van der Waals surface area (Å²) < 4.78 is 4.80. The van der Waals surface area contributed by atoms with E-state index in [9.17, 15) is 4.79 Å². The molecule has 0 fully saturated rings. The van der Waals surface area contributed by atoms with Gasteiger partial charge in [-0.1, -0.05) is 35.5 Å². The fourth-order valence-electron chi connectivity index (χ4n) is 1.13. The van der Waals surface area contributed by atoms with Gasteiger partial charge in [0.2, 0.25) is 5.82 Å². The van der Waals surface area contributed by atoms with Gasteiger partial charge in [0.1, 0.15) is 0 Å². The van der Waals surface area contributed by atoms with Crippen LogP contribution < -0.4 is 5.32 Å². The third-order valence-electron chi connectivity index (χ3n) is 1.88. The number of nitrogens with zero attached hydrogens (tertiary/aromatic N) is 2. The van der Waals surface area contributed by atoms with Crippen LogP contribution in [0.25, 0.3) is 11.4 Å². The third kappa shape index (κ3) is 1.85. The highest BCUT2D eigenvalue weighted by Crippen LogP contribution is 2.14. The van der Waals surface area contributed by atoms with Gasteiger partial charge in [0.05, 0.1) is 0 Å². The van der Waals surface area contributed by atoms with Gasteiger partial charge in [-0.05, 0) is 0 Å². The number of hydrogen-bond acceptors (Lipinski definition) is 4. The highest BCUT2D eigenvalue weighted by atomic mass is 16.5. The second kappa shape index (κ2) is 3.91. The van der Waals surface area contributed by atoms with Crippen molar-refractivity contribution in [1.82, 2.24) is 15.5 Å². The van der Waals surface area contributed by atoms with Crippen molar-refractivity contribution in [1.29, 1.82) is 0 Å². The predicted octanol–water partition coefficient (Wildman–Crippen LogP) is 1.10. The van der Waals surface area contributed by atoms with E-state index >= 15 is 0 Å². The molecule has 15 heavy (non-hydrogen) atoms. The number of nitrogens with one attached hydrogen (secondary N) is 1. The highest BCUT2D eigenvalue weighted by Gasteiger charge is 2.13. The molecule has 0 unspecified atom stereocenters. The van der Waals surface area contributed by atoms with Gasteiger partial charge >= 0.3 is 11.8 Å². The van der Waals surface area contributed by atoms with Crippen LogP contribution in [0, 0.1) is 0 Å². The van der Waals surface area contributed by atoms with E-state index in [1.165, 1.54) is 7.05 Å². The zero-order chi connectivity index (χ0) is 10.7. The maximum atomic E-state index is 11.2. The van der Waals surface area contributed by atoms with E-state index in [1.54, 1.807) is 0 Å². The second-order valence-electron chi connectivity index (χ2n) is 2.87. The van der Waals surface area contributed by atoms with Gasteiger partial charge in [-0.15, -0.1) is 0 Å². The minimum Gasteiger partial charge on any atom is -0.351 e. The summed E-state index contributed by atoms with van der Waals surface area (Å²) in [5.41, 5.74) is 0.816. The Morgan fingerprint density at radius 3 is 2.73 bits per heavy atom. The fourth-order valence-corrected chi connectivity index (χ4v) is 1.13. The third-order valence-corrected chi connectivity index (χ3v) is 1.88. The molecule has 5 heteroatoms. The average molecular weight is 203 g/mol.